The SMILES string of the molecule is CCNC(=NCc1cccc(S(=O)(=O)NCCOC)c1)N(C)CC1CCCN1CC. The van der Waals surface area contributed by atoms with E-state index in [1.165, 1.54) is 19.4 Å². The fourth-order valence-corrected chi connectivity index (χ4v) is 4.81. The number of aliphatic imine (C=N–C) groups is 1. The van der Waals surface area contributed by atoms with Crippen molar-refractivity contribution in [3.8, 4) is 0 Å². The quantitative estimate of drug-likeness (QED) is 0.309. The van der Waals surface area contributed by atoms with Crippen LogP contribution in [0.3, 0.4) is 0 Å². The summed E-state index contributed by atoms with van der Waals surface area (Å²) in [6, 6.07) is 7.48. The first kappa shape index (κ1) is 24.6. The van der Waals surface area contributed by atoms with E-state index in [2.05, 4.69) is 40.7 Å². The van der Waals surface area contributed by atoms with Gasteiger partial charge in [-0.25, -0.2) is 18.1 Å². The molecule has 1 atom stereocenters. The lowest BCUT2D eigenvalue weighted by Crippen LogP contribution is -2.45. The Bertz CT molecular complexity index is 785. The topological polar surface area (TPSA) is 86.3 Å². The first-order chi connectivity index (χ1) is 14.4. The van der Waals surface area contributed by atoms with Crippen LogP contribution in [0.5, 0.6) is 0 Å². The van der Waals surface area contributed by atoms with Crippen LogP contribution in [0.15, 0.2) is 34.2 Å². The van der Waals surface area contributed by atoms with Gasteiger partial charge in [0, 0.05) is 39.8 Å². The van der Waals surface area contributed by atoms with Crippen LogP contribution >= 0.6 is 0 Å². The third kappa shape index (κ3) is 7.23. The molecule has 2 N–H and O–H groups in total. The first-order valence-electron chi connectivity index (χ1n) is 10.7. The molecular formula is C21H37N5O3S. The predicted octanol–water partition coefficient (Wildman–Crippen LogP) is 1.49. The molecular weight excluding hydrogens is 402 g/mol. The maximum Gasteiger partial charge on any atom is 0.240 e. The van der Waals surface area contributed by atoms with Crippen molar-refractivity contribution in [3.05, 3.63) is 29.8 Å². The van der Waals surface area contributed by atoms with Gasteiger partial charge in [0.15, 0.2) is 5.96 Å². The summed E-state index contributed by atoms with van der Waals surface area (Å²) in [6.07, 6.45) is 2.47. The number of sulfonamides is 1. The minimum Gasteiger partial charge on any atom is -0.383 e. The van der Waals surface area contributed by atoms with Gasteiger partial charge in [-0.3, -0.25) is 4.90 Å². The summed E-state index contributed by atoms with van der Waals surface area (Å²) in [5.74, 6) is 0.840. The number of nitrogens with one attached hydrogen (secondary N) is 2. The average Bonchev–Trinajstić information content (AvgIpc) is 3.18. The molecule has 170 valence electrons. The van der Waals surface area contributed by atoms with Crippen LogP contribution in [0.4, 0.5) is 0 Å². The van der Waals surface area contributed by atoms with Gasteiger partial charge < -0.3 is 15.0 Å². The molecule has 0 bridgehead atoms. The summed E-state index contributed by atoms with van der Waals surface area (Å²) in [5.41, 5.74) is 0.851. The van der Waals surface area contributed by atoms with Crippen molar-refractivity contribution in [1.29, 1.82) is 0 Å². The van der Waals surface area contributed by atoms with Gasteiger partial charge in [0.2, 0.25) is 10.0 Å². The Labute approximate surface area is 181 Å². The van der Waals surface area contributed by atoms with Crippen LogP contribution in [-0.4, -0.2) is 83.7 Å². The fourth-order valence-electron chi connectivity index (χ4n) is 3.73. The van der Waals surface area contributed by atoms with Crippen molar-refractivity contribution < 1.29 is 13.2 Å². The van der Waals surface area contributed by atoms with E-state index in [1.54, 1.807) is 25.3 Å². The van der Waals surface area contributed by atoms with Crippen LogP contribution in [0, 0.1) is 0 Å². The molecule has 8 nitrogen and oxygen atoms in total. The lowest BCUT2D eigenvalue weighted by Gasteiger charge is -2.29. The molecule has 0 amide bonds. The number of benzene rings is 1. The van der Waals surface area contributed by atoms with Crippen LogP contribution in [0.25, 0.3) is 0 Å². The zero-order valence-corrected chi connectivity index (χ0v) is 19.5. The highest BCUT2D eigenvalue weighted by Gasteiger charge is 2.25. The second-order valence-corrected chi connectivity index (χ2v) is 9.28. The summed E-state index contributed by atoms with van der Waals surface area (Å²) in [4.78, 5) is 9.69. The van der Waals surface area contributed by atoms with Crippen LogP contribution in [0.1, 0.15) is 32.3 Å². The highest BCUT2D eigenvalue weighted by molar-refractivity contribution is 7.89. The molecule has 0 saturated carbocycles. The van der Waals surface area contributed by atoms with Gasteiger partial charge >= 0.3 is 0 Å². The van der Waals surface area contributed by atoms with E-state index in [0.29, 0.717) is 19.2 Å². The monoisotopic (exact) mass is 439 g/mol. The molecule has 0 aromatic heterocycles. The van der Waals surface area contributed by atoms with E-state index in [9.17, 15) is 8.42 Å². The third-order valence-electron chi connectivity index (χ3n) is 5.30. The number of methoxy groups -OCH3 is 1. The van der Waals surface area contributed by atoms with Crippen LogP contribution in [0.2, 0.25) is 0 Å². The number of guanidine groups is 1. The third-order valence-corrected chi connectivity index (χ3v) is 6.76. The summed E-state index contributed by atoms with van der Waals surface area (Å²) >= 11 is 0. The predicted molar refractivity (Wildman–Crippen MR) is 121 cm³/mol. The maximum absolute atomic E-state index is 12.4. The van der Waals surface area contributed by atoms with Gasteiger partial charge in [-0.15, -0.1) is 0 Å². The number of ether oxygens (including phenoxy) is 1. The number of nitrogens with zero attached hydrogens (tertiary/aromatic N) is 3. The van der Waals surface area contributed by atoms with Gasteiger partial charge in [-0.2, -0.15) is 0 Å². The molecule has 1 aliphatic rings. The number of likely N-dealkylation sites (N-methyl/N-ethyl adjacent to an activating group) is 2. The molecule has 1 fully saturated rings. The molecule has 1 aromatic rings. The van der Waals surface area contributed by atoms with E-state index >= 15 is 0 Å². The molecule has 1 aromatic carbocycles. The average molecular weight is 440 g/mol. The van der Waals surface area contributed by atoms with E-state index < -0.39 is 10.0 Å². The Balaban J connectivity index is 2.06. The lowest BCUT2D eigenvalue weighted by atomic mass is 10.2. The first-order valence-corrected chi connectivity index (χ1v) is 12.2. The van der Waals surface area contributed by atoms with Crippen molar-refractivity contribution >= 4 is 16.0 Å². The zero-order chi connectivity index (χ0) is 22.0. The molecule has 0 aliphatic carbocycles. The van der Waals surface area contributed by atoms with Crippen molar-refractivity contribution in [3.63, 3.8) is 0 Å². The minimum absolute atomic E-state index is 0.243. The normalized spacial score (nSPS) is 18.0. The molecule has 30 heavy (non-hydrogen) atoms. The number of hydrogen-bond acceptors (Lipinski definition) is 5. The van der Waals surface area contributed by atoms with Crippen LogP contribution in [-0.2, 0) is 21.3 Å². The highest BCUT2D eigenvalue weighted by atomic mass is 32.2. The van der Waals surface area contributed by atoms with Gasteiger partial charge in [0.05, 0.1) is 18.0 Å². The molecule has 2 rings (SSSR count). The molecule has 1 heterocycles. The summed E-state index contributed by atoms with van der Waals surface area (Å²) < 4.78 is 32.3. The highest BCUT2D eigenvalue weighted by Crippen LogP contribution is 2.17. The Kier molecular flexibility index (Phi) is 10.0. The maximum atomic E-state index is 12.4. The Morgan fingerprint density at radius 3 is 2.87 bits per heavy atom. The van der Waals surface area contributed by atoms with Crippen molar-refractivity contribution in [2.45, 2.75) is 44.2 Å². The van der Waals surface area contributed by atoms with Crippen LogP contribution < -0.4 is 10.0 Å². The number of rotatable bonds is 11. The molecule has 9 heteroatoms. The second-order valence-electron chi connectivity index (χ2n) is 7.51. The largest absolute Gasteiger partial charge is 0.383 e. The minimum atomic E-state index is -3.55. The molecule has 1 aliphatic heterocycles. The fraction of sp³-hybridized carbons (Fsp3) is 0.667. The smallest absolute Gasteiger partial charge is 0.240 e. The lowest BCUT2D eigenvalue weighted by molar-refractivity contribution is 0.204. The Morgan fingerprint density at radius 1 is 1.37 bits per heavy atom. The van der Waals surface area contributed by atoms with Crippen molar-refractivity contribution in [2.75, 3.05) is 53.5 Å². The number of hydrogen-bond donors (Lipinski definition) is 2. The van der Waals surface area contributed by atoms with Gasteiger partial charge in [-0.05, 0) is 50.6 Å². The number of likely N-dealkylation sites (tertiary alicyclic amines) is 1. The molecule has 1 unspecified atom stereocenters. The summed E-state index contributed by atoms with van der Waals surface area (Å²) in [6.45, 7) is 9.20. The Morgan fingerprint density at radius 2 is 2.17 bits per heavy atom. The summed E-state index contributed by atoms with van der Waals surface area (Å²) in [7, 11) is 0.0488. The molecule has 1 saturated heterocycles. The second kappa shape index (κ2) is 12.2. The van der Waals surface area contributed by atoms with E-state index in [1.807, 2.05) is 6.07 Å². The van der Waals surface area contributed by atoms with E-state index in [0.717, 1.165) is 31.2 Å². The molecule has 0 spiro atoms. The Hall–Kier alpha value is -1.68. The standard InChI is InChI=1S/C21H37N5O3S/c1-5-22-21(25(3)17-19-10-8-13-26(19)6-2)23-16-18-9-7-11-20(15-18)30(27,28)24-12-14-29-4/h7,9,11,15,19,24H,5-6,8,10,12-14,16-17H2,1-4H3,(H,22,23). The van der Waals surface area contributed by atoms with Crippen molar-refractivity contribution in [2.24, 2.45) is 4.99 Å². The van der Waals surface area contributed by atoms with Crippen molar-refractivity contribution in [1.82, 2.24) is 19.8 Å². The van der Waals surface area contributed by atoms with Gasteiger partial charge in [0.25, 0.3) is 0 Å². The van der Waals surface area contributed by atoms with E-state index in [-0.39, 0.29) is 11.4 Å². The molecule has 0 radical (unpaired) electrons. The van der Waals surface area contributed by atoms with Gasteiger partial charge in [-0.1, -0.05) is 19.1 Å². The van der Waals surface area contributed by atoms with Gasteiger partial charge in [0.1, 0.15) is 0 Å². The zero-order valence-electron chi connectivity index (χ0n) is 18.7. The van der Waals surface area contributed by atoms with E-state index in [4.69, 9.17) is 9.73 Å². The summed E-state index contributed by atoms with van der Waals surface area (Å²) in [5, 5.41) is 3.35.